The molecule has 2 aromatic rings. The zero-order chi connectivity index (χ0) is 26.8. The second-order valence-corrected chi connectivity index (χ2v) is 10.1. The lowest BCUT2D eigenvalue weighted by Crippen LogP contribution is -2.53. The summed E-state index contributed by atoms with van der Waals surface area (Å²) < 4.78 is 17.3. The van der Waals surface area contributed by atoms with E-state index >= 15 is 0 Å². The molecular formula is C29H38N2O6. The molecule has 1 aliphatic carbocycles. The summed E-state index contributed by atoms with van der Waals surface area (Å²) in [5.74, 6) is 0.180. The highest BCUT2D eigenvalue weighted by molar-refractivity contribution is 5.96. The van der Waals surface area contributed by atoms with E-state index in [0.717, 1.165) is 30.6 Å². The lowest BCUT2D eigenvalue weighted by atomic mass is 9.99. The van der Waals surface area contributed by atoms with E-state index < -0.39 is 29.7 Å². The topological polar surface area (TPSA) is 106 Å². The third-order valence-electron chi connectivity index (χ3n) is 5.94. The average molecular weight is 511 g/mol. The summed E-state index contributed by atoms with van der Waals surface area (Å²) in [6.45, 7) is 5.45. The number of alkyl carbamates (subject to hydrolysis) is 1. The van der Waals surface area contributed by atoms with Gasteiger partial charge in [-0.1, -0.05) is 36.4 Å². The number of allylic oxidation sites excluding steroid dienone is 1. The first-order valence-corrected chi connectivity index (χ1v) is 12.7. The molecular weight excluding hydrogens is 472 g/mol. The molecule has 0 aliphatic heterocycles. The number of amides is 2. The maximum atomic E-state index is 12.8. The Hall–Kier alpha value is -3.52. The van der Waals surface area contributed by atoms with E-state index in [-0.39, 0.29) is 24.0 Å². The Morgan fingerprint density at radius 3 is 2.46 bits per heavy atom. The van der Waals surface area contributed by atoms with Gasteiger partial charge in [-0.2, -0.15) is 0 Å². The lowest BCUT2D eigenvalue weighted by Gasteiger charge is -2.32. The van der Waals surface area contributed by atoms with Crippen LogP contribution in [-0.4, -0.2) is 54.6 Å². The number of benzene rings is 2. The fourth-order valence-corrected chi connectivity index (χ4v) is 4.10. The van der Waals surface area contributed by atoms with Crippen molar-refractivity contribution in [2.24, 2.45) is 0 Å². The van der Waals surface area contributed by atoms with Crippen molar-refractivity contribution in [3.05, 3.63) is 71.8 Å². The quantitative estimate of drug-likeness (QED) is 0.398. The van der Waals surface area contributed by atoms with Gasteiger partial charge in [0.25, 0.3) is 5.91 Å². The van der Waals surface area contributed by atoms with Gasteiger partial charge in [0.2, 0.25) is 0 Å². The largest absolute Gasteiger partial charge is 0.507 e. The molecule has 0 aromatic heterocycles. The molecule has 0 radical (unpaired) electrons. The van der Waals surface area contributed by atoms with Crippen molar-refractivity contribution in [1.82, 2.24) is 10.6 Å². The Balaban J connectivity index is 1.84. The molecule has 2 amide bonds. The Morgan fingerprint density at radius 2 is 1.84 bits per heavy atom. The minimum atomic E-state index is -0.688. The highest BCUT2D eigenvalue weighted by atomic mass is 16.6. The number of hydrogen-bond donors (Lipinski definition) is 3. The average Bonchev–Trinajstić information content (AvgIpc) is 2.86. The number of para-hydroxylation sites is 1. The van der Waals surface area contributed by atoms with Crippen LogP contribution in [0.25, 0.3) is 0 Å². The van der Waals surface area contributed by atoms with Gasteiger partial charge < -0.3 is 30.0 Å². The maximum absolute atomic E-state index is 12.8. The first kappa shape index (κ1) is 28.1. The standard InChI is InChI=1S/C29H38N2O6/c1-29(2,3)37-28(34)31-24(19-30-27(33)23-12-8-9-13-25(23)32)26(36-22-10-6-5-7-11-22)18-20-14-16-21(35-4)17-15-20/h6,8-10,12-17,22,24,26,32H,5,7,11,18-19H2,1-4H3,(H,30,33)(H,31,34). The van der Waals surface area contributed by atoms with Crippen LogP contribution in [0.3, 0.4) is 0 Å². The number of hydrogen-bond acceptors (Lipinski definition) is 6. The minimum Gasteiger partial charge on any atom is -0.507 e. The predicted molar refractivity (Wildman–Crippen MR) is 142 cm³/mol. The van der Waals surface area contributed by atoms with E-state index in [1.165, 1.54) is 6.07 Å². The summed E-state index contributed by atoms with van der Waals surface area (Å²) >= 11 is 0. The number of aromatic hydroxyl groups is 1. The van der Waals surface area contributed by atoms with E-state index in [1.807, 2.05) is 24.3 Å². The van der Waals surface area contributed by atoms with Crippen LogP contribution in [0, 0.1) is 0 Å². The van der Waals surface area contributed by atoms with Crippen LogP contribution in [-0.2, 0) is 15.9 Å². The molecule has 0 fully saturated rings. The van der Waals surface area contributed by atoms with Crippen LogP contribution in [0.5, 0.6) is 11.5 Å². The van der Waals surface area contributed by atoms with Gasteiger partial charge in [-0.3, -0.25) is 4.79 Å². The van der Waals surface area contributed by atoms with E-state index in [1.54, 1.807) is 46.1 Å². The maximum Gasteiger partial charge on any atom is 0.408 e. The molecule has 3 atom stereocenters. The summed E-state index contributed by atoms with van der Waals surface area (Å²) in [7, 11) is 1.62. The SMILES string of the molecule is COc1ccc(CC(OC2C=CCCC2)C(CNC(=O)c2ccccc2O)NC(=O)OC(C)(C)C)cc1. The number of methoxy groups -OCH3 is 1. The second kappa shape index (κ2) is 13.1. The number of rotatable bonds is 10. The minimum absolute atomic E-state index is 0.0731. The van der Waals surface area contributed by atoms with E-state index in [2.05, 4.69) is 22.8 Å². The predicted octanol–water partition coefficient (Wildman–Crippen LogP) is 4.76. The number of nitrogens with one attached hydrogen (secondary N) is 2. The summed E-state index contributed by atoms with van der Waals surface area (Å²) in [6.07, 6.45) is 6.37. The molecule has 1 aliphatic rings. The van der Waals surface area contributed by atoms with Gasteiger partial charge in [-0.05, 0) is 69.9 Å². The molecule has 8 heteroatoms. The van der Waals surface area contributed by atoms with Crippen LogP contribution in [0.4, 0.5) is 4.79 Å². The third kappa shape index (κ3) is 9.13. The first-order chi connectivity index (χ1) is 17.6. The number of ether oxygens (including phenoxy) is 3. The van der Waals surface area contributed by atoms with E-state index in [0.29, 0.717) is 6.42 Å². The first-order valence-electron chi connectivity index (χ1n) is 12.7. The summed E-state index contributed by atoms with van der Waals surface area (Å²) in [5, 5.41) is 15.8. The number of carbonyl (C=O) groups excluding carboxylic acids is 2. The Bertz CT molecular complexity index is 1060. The van der Waals surface area contributed by atoms with Gasteiger partial charge in [0.15, 0.2) is 0 Å². The molecule has 8 nitrogen and oxygen atoms in total. The van der Waals surface area contributed by atoms with Gasteiger partial charge in [0, 0.05) is 13.0 Å². The van der Waals surface area contributed by atoms with Crippen LogP contribution < -0.4 is 15.4 Å². The second-order valence-electron chi connectivity index (χ2n) is 10.1. The smallest absolute Gasteiger partial charge is 0.408 e. The molecule has 0 spiro atoms. The lowest BCUT2D eigenvalue weighted by molar-refractivity contribution is -0.0179. The molecule has 37 heavy (non-hydrogen) atoms. The van der Waals surface area contributed by atoms with E-state index in [9.17, 15) is 14.7 Å². The molecule has 3 N–H and O–H groups in total. The molecule has 2 aromatic carbocycles. The van der Waals surface area contributed by atoms with Gasteiger partial charge in [-0.25, -0.2) is 4.79 Å². The van der Waals surface area contributed by atoms with Crippen LogP contribution in [0.15, 0.2) is 60.7 Å². The highest BCUT2D eigenvalue weighted by Gasteiger charge is 2.30. The number of phenols is 1. The van der Waals surface area contributed by atoms with Gasteiger partial charge in [-0.15, -0.1) is 0 Å². The van der Waals surface area contributed by atoms with Crippen molar-refractivity contribution in [3.63, 3.8) is 0 Å². The fraction of sp³-hybridized carbons (Fsp3) is 0.448. The van der Waals surface area contributed by atoms with Crippen LogP contribution >= 0.6 is 0 Å². The molecule has 0 saturated heterocycles. The molecule has 0 heterocycles. The monoisotopic (exact) mass is 510 g/mol. The summed E-state index contributed by atoms with van der Waals surface area (Å²) in [4.78, 5) is 25.6. The van der Waals surface area contributed by atoms with Gasteiger partial charge >= 0.3 is 6.09 Å². The number of carbonyl (C=O) groups is 2. The van der Waals surface area contributed by atoms with E-state index in [4.69, 9.17) is 14.2 Å². The molecule has 3 unspecified atom stereocenters. The zero-order valence-electron chi connectivity index (χ0n) is 22.0. The van der Waals surface area contributed by atoms with Crippen molar-refractivity contribution in [3.8, 4) is 11.5 Å². The van der Waals surface area contributed by atoms with Crippen molar-refractivity contribution >= 4 is 12.0 Å². The highest BCUT2D eigenvalue weighted by Crippen LogP contribution is 2.21. The van der Waals surface area contributed by atoms with Crippen molar-refractivity contribution in [1.29, 1.82) is 0 Å². The Morgan fingerprint density at radius 1 is 1.11 bits per heavy atom. The van der Waals surface area contributed by atoms with Crippen molar-refractivity contribution < 1.29 is 28.9 Å². The van der Waals surface area contributed by atoms with Crippen molar-refractivity contribution in [2.75, 3.05) is 13.7 Å². The molecule has 0 saturated carbocycles. The van der Waals surface area contributed by atoms with Crippen LogP contribution in [0.2, 0.25) is 0 Å². The van der Waals surface area contributed by atoms with Crippen LogP contribution in [0.1, 0.15) is 56.0 Å². The molecule has 3 rings (SSSR count). The van der Waals surface area contributed by atoms with Crippen molar-refractivity contribution in [2.45, 2.75) is 70.3 Å². The Labute approximate surface area is 219 Å². The normalized spacial score (nSPS) is 16.9. The summed E-state index contributed by atoms with van der Waals surface area (Å²) in [6, 6.07) is 13.4. The third-order valence-corrected chi connectivity index (χ3v) is 5.94. The van der Waals surface area contributed by atoms with Gasteiger partial charge in [0.05, 0.1) is 30.9 Å². The fourth-order valence-electron chi connectivity index (χ4n) is 4.10. The number of phenolic OH excluding ortho intramolecular Hbond substituents is 1. The Kier molecular flexibility index (Phi) is 9.97. The molecule has 0 bridgehead atoms. The van der Waals surface area contributed by atoms with Gasteiger partial charge in [0.1, 0.15) is 17.1 Å². The summed E-state index contributed by atoms with van der Waals surface area (Å²) in [5.41, 5.74) is 0.460. The zero-order valence-corrected chi connectivity index (χ0v) is 22.0. The molecule has 200 valence electrons.